The van der Waals surface area contributed by atoms with Gasteiger partial charge in [-0.25, -0.2) is 0 Å². The average Bonchev–Trinajstić information content (AvgIpc) is 2.52. The minimum absolute atomic E-state index is 0.0705. The lowest BCUT2D eigenvalue weighted by Crippen LogP contribution is -2.45. The molecule has 3 nitrogen and oxygen atoms in total. The highest BCUT2D eigenvalue weighted by molar-refractivity contribution is 5.97. The molecule has 2 fully saturated rings. The topological polar surface area (TPSA) is 37.4 Å². The standard InChI is InChI=1S/C18H23NO2/c20-17(16-7-2-1-3-8-16)9-10-18(21)19-12-14-5-4-6-15(11-14)13-19/h1-3,7-8,14-15H,4-6,9-13H2/t14-,15-/m0/s1. The van der Waals surface area contributed by atoms with Gasteiger partial charge in [-0.1, -0.05) is 36.8 Å². The molecule has 1 heterocycles. The van der Waals surface area contributed by atoms with Crippen molar-refractivity contribution in [3.8, 4) is 0 Å². The highest BCUT2D eigenvalue weighted by Gasteiger charge is 2.32. The molecule has 3 heteroatoms. The second-order valence-corrected chi connectivity index (χ2v) is 6.49. The number of likely N-dealkylation sites (tertiary alicyclic amines) is 1. The lowest BCUT2D eigenvalue weighted by Gasteiger charge is -2.41. The highest BCUT2D eigenvalue weighted by Crippen LogP contribution is 2.34. The molecular weight excluding hydrogens is 262 g/mol. The largest absolute Gasteiger partial charge is 0.342 e. The molecule has 1 aliphatic carbocycles. The van der Waals surface area contributed by atoms with Crippen molar-refractivity contribution in [2.75, 3.05) is 13.1 Å². The van der Waals surface area contributed by atoms with Gasteiger partial charge in [-0.15, -0.1) is 0 Å². The third-order valence-electron chi connectivity index (χ3n) is 4.86. The van der Waals surface area contributed by atoms with Crippen molar-refractivity contribution in [1.82, 2.24) is 4.90 Å². The Kier molecular flexibility index (Phi) is 4.37. The number of fused-ring (bicyclic) bond motifs is 2. The number of carbonyl (C=O) groups excluding carboxylic acids is 2. The minimum Gasteiger partial charge on any atom is -0.342 e. The zero-order chi connectivity index (χ0) is 14.7. The smallest absolute Gasteiger partial charge is 0.223 e. The van der Waals surface area contributed by atoms with E-state index >= 15 is 0 Å². The Morgan fingerprint density at radius 3 is 2.33 bits per heavy atom. The predicted octanol–water partition coefficient (Wildman–Crippen LogP) is 3.30. The van der Waals surface area contributed by atoms with E-state index in [0.29, 0.717) is 30.2 Å². The maximum absolute atomic E-state index is 12.3. The average molecular weight is 285 g/mol. The van der Waals surface area contributed by atoms with Crippen LogP contribution in [0.5, 0.6) is 0 Å². The van der Waals surface area contributed by atoms with Crippen molar-refractivity contribution < 1.29 is 9.59 Å². The molecule has 2 bridgehead atoms. The van der Waals surface area contributed by atoms with Crippen LogP contribution in [0.1, 0.15) is 48.9 Å². The van der Waals surface area contributed by atoms with Crippen molar-refractivity contribution in [2.45, 2.75) is 38.5 Å². The van der Waals surface area contributed by atoms with Crippen LogP contribution in [-0.2, 0) is 4.79 Å². The van der Waals surface area contributed by atoms with Crippen LogP contribution in [0.3, 0.4) is 0 Å². The maximum atomic E-state index is 12.3. The van der Waals surface area contributed by atoms with E-state index in [1.54, 1.807) is 0 Å². The molecule has 0 aromatic heterocycles. The number of carbonyl (C=O) groups is 2. The minimum atomic E-state index is 0.0705. The van der Waals surface area contributed by atoms with Crippen LogP contribution >= 0.6 is 0 Å². The first-order valence-electron chi connectivity index (χ1n) is 8.08. The Morgan fingerprint density at radius 1 is 1.00 bits per heavy atom. The summed E-state index contributed by atoms with van der Waals surface area (Å²) in [6.07, 6.45) is 5.84. The number of nitrogens with zero attached hydrogens (tertiary/aromatic N) is 1. The molecule has 2 aliphatic rings. The van der Waals surface area contributed by atoms with Crippen LogP contribution < -0.4 is 0 Å². The van der Waals surface area contributed by atoms with Gasteiger partial charge in [0.15, 0.2) is 5.78 Å². The molecule has 1 aromatic rings. The molecule has 2 atom stereocenters. The van der Waals surface area contributed by atoms with E-state index in [9.17, 15) is 9.59 Å². The Bertz CT molecular complexity index is 499. The Balaban J connectivity index is 1.51. The molecule has 0 radical (unpaired) electrons. The van der Waals surface area contributed by atoms with E-state index < -0.39 is 0 Å². The first-order valence-corrected chi connectivity index (χ1v) is 8.08. The number of amides is 1. The van der Waals surface area contributed by atoms with Gasteiger partial charge in [0, 0.05) is 31.5 Å². The van der Waals surface area contributed by atoms with E-state index in [0.717, 1.165) is 13.1 Å². The summed E-state index contributed by atoms with van der Waals surface area (Å²) in [6.45, 7) is 1.82. The molecule has 1 aromatic carbocycles. The summed E-state index contributed by atoms with van der Waals surface area (Å²) in [5, 5.41) is 0. The SMILES string of the molecule is O=C(CCC(=O)N1C[C@H]2CCC[C@@H](C2)C1)c1ccccc1. The Morgan fingerprint density at radius 2 is 1.67 bits per heavy atom. The molecular formula is C18H23NO2. The van der Waals surface area contributed by atoms with Crippen molar-refractivity contribution >= 4 is 11.7 Å². The number of benzene rings is 1. The van der Waals surface area contributed by atoms with Crippen LogP contribution in [0, 0.1) is 11.8 Å². The first-order chi connectivity index (χ1) is 10.2. The van der Waals surface area contributed by atoms with Gasteiger partial charge in [-0.2, -0.15) is 0 Å². The molecule has 112 valence electrons. The molecule has 1 saturated carbocycles. The van der Waals surface area contributed by atoms with Crippen molar-refractivity contribution in [3.05, 3.63) is 35.9 Å². The van der Waals surface area contributed by atoms with Crippen LogP contribution in [-0.4, -0.2) is 29.7 Å². The van der Waals surface area contributed by atoms with Gasteiger partial charge >= 0.3 is 0 Å². The number of ketones is 1. The van der Waals surface area contributed by atoms with E-state index in [4.69, 9.17) is 0 Å². The van der Waals surface area contributed by atoms with Gasteiger partial charge in [0.2, 0.25) is 5.91 Å². The number of rotatable bonds is 4. The fourth-order valence-corrected chi connectivity index (χ4v) is 3.78. The van der Waals surface area contributed by atoms with Crippen LogP contribution in [0.25, 0.3) is 0 Å². The fraction of sp³-hybridized carbons (Fsp3) is 0.556. The van der Waals surface area contributed by atoms with Crippen molar-refractivity contribution in [2.24, 2.45) is 11.8 Å². The number of Topliss-reactive ketones (excluding diaryl/α,β-unsaturated/α-hetero) is 1. The first kappa shape index (κ1) is 14.3. The molecule has 1 saturated heterocycles. The summed E-state index contributed by atoms with van der Waals surface area (Å²) in [6, 6.07) is 9.26. The number of piperidine rings is 1. The quantitative estimate of drug-likeness (QED) is 0.796. The third-order valence-corrected chi connectivity index (χ3v) is 4.86. The number of hydrogen-bond acceptors (Lipinski definition) is 2. The monoisotopic (exact) mass is 285 g/mol. The zero-order valence-corrected chi connectivity index (χ0v) is 12.5. The summed E-state index contributed by atoms with van der Waals surface area (Å²) in [5.41, 5.74) is 0.709. The van der Waals surface area contributed by atoms with Crippen molar-refractivity contribution in [3.63, 3.8) is 0 Å². The van der Waals surface area contributed by atoms with E-state index in [-0.39, 0.29) is 11.7 Å². The van der Waals surface area contributed by atoms with Crippen LogP contribution in [0.2, 0.25) is 0 Å². The highest BCUT2D eigenvalue weighted by atomic mass is 16.2. The summed E-state index contributed by atoms with van der Waals surface area (Å²) in [4.78, 5) is 26.4. The maximum Gasteiger partial charge on any atom is 0.223 e. The predicted molar refractivity (Wildman–Crippen MR) is 82.0 cm³/mol. The van der Waals surface area contributed by atoms with Crippen LogP contribution in [0.4, 0.5) is 0 Å². The Labute approximate surface area is 126 Å². The molecule has 0 N–H and O–H groups in total. The second kappa shape index (κ2) is 6.42. The molecule has 1 aliphatic heterocycles. The lowest BCUT2D eigenvalue weighted by molar-refractivity contribution is -0.134. The number of hydrogen-bond donors (Lipinski definition) is 0. The molecule has 1 amide bonds. The van der Waals surface area contributed by atoms with Crippen molar-refractivity contribution in [1.29, 1.82) is 0 Å². The molecule has 0 spiro atoms. The Hall–Kier alpha value is -1.64. The normalized spacial score (nSPS) is 24.7. The lowest BCUT2D eigenvalue weighted by atomic mass is 9.78. The second-order valence-electron chi connectivity index (χ2n) is 6.49. The van der Waals surface area contributed by atoms with Gasteiger partial charge in [0.1, 0.15) is 0 Å². The summed E-state index contributed by atoms with van der Waals surface area (Å²) >= 11 is 0. The molecule has 21 heavy (non-hydrogen) atoms. The third kappa shape index (κ3) is 3.52. The summed E-state index contributed by atoms with van der Waals surface area (Å²) < 4.78 is 0. The fourth-order valence-electron chi connectivity index (χ4n) is 3.78. The van der Waals surface area contributed by atoms with Gasteiger partial charge in [0.25, 0.3) is 0 Å². The molecule has 3 rings (SSSR count). The van der Waals surface area contributed by atoms with Gasteiger partial charge < -0.3 is 4.90 Å². The van der Waals surface area contributed by atoms with E-state index in [1.807, 2.05) is 35.2 Å². The van der Waals surface area contributed by atoms with Gasteiger partial charge in [-0.05, 0) is 31.1 Å². The van der Waals surface area contributed by atoms with Gasteiger partial charge in [0.05, 0.1) is 0 Å². The summed E-state index contributed by atoms with van der Waals surface area (Å²) in [7, 11) is 0. The van der Waals surface area contributed by atoms with Crippen LogP contribution in [0.15, 0.2) is 30.3 Å². The van der Waals surface area contributed by atoms with Gasteiger partial charge in [-0.3, -0.25) is 9.59 Å². The van der Waals surface area contributed by atoms with E-state index in [1.165, 1.54) is 25.7 Å². The molecule has 0 unspecified atom stereocenters. The zero-order valence-electron chi connectivity index (χ0n) is 12.5. The van der Waals surface area contributed by atoms with E-state index in [2.05, 4.69) is 0 Å². The summed E-state index contributed by atoms with van der Waals surface area (Å²) in [5.74, 6) is 1.63.